The van der Waals surface area contributed by atoms with Gasteiger partial charge in [0.05, 0.1) is 17.6 Å². The van der Waals surface area contributed by atoms with Crippen LogP contribution in [0.25, 0.3) is 0 Å². The van der Waals surface area contributed by atoms with Gasteiger partial charge < -0.3 is 5.11 Å². The van der Waals surface area contributed by atoms with Crippen LogP contribution >= 0.6 is 0 Å². The number of fused-ring (bicyclic) bond motifs is 5. The van der Waals surface area contributed by atoms with Crippen molar-refractivity contribution in [1.29, 1.82) is 5.26 Å². The average molecular weight is 412 g/mol. The number of hydrogen-bond donors (Lipinski definition) is 1. The molecule has 0 saturated heterocycles. The van der Waals surface area contributed by atoms with E-state index in [1.807, 2.05) is 0 Å². The third-order valence-electron chi connectivity index (χ3n) is 10.7. The second-order valence-electron chi connectivity index (χ2n) is 12.6. The normalized spacial score (nSPS) is 46.4. The lowest BCUT2D eigenvalue weighted by atomic mass is 9.43. The highest BCUT2D eigenvalue weighted by Crippen LogP contribution is 2.69. The van der Waals surface area contributed by atoms with E-state index in [9.17, 15) is 10.4 Å². The number of nitriles is 1. The maximum absolute atomic E-state index is 10.4. The Morgan fingerprint density at radius 1 is 1.07 bits per heavy atom. The summed E-state index contributed by atoms with van der Waals surface area (Å²) in [4.78, 5) is 0. The van der Waals surface area contributed by atoms with E-state index in [-0.39, 0.29) is 16.9 Å². The zero-order chi connectivity index (χ0) is 21.7. The van der Waals surface area contributed by atoms with Gasteiger partial charge in [0.2, 0.25) is 0 Å². The lowest BCUT2D eigenvalue weighted by molar-refractivity contribution is -0.0775. The van der Waals surface area contributed by atoms with Crippen molar-refractivity contribution in [1.82, 2.24) is 0 Å². The number of aliphatic hydroxyl groups excluding tert-OH is 1. The number of hydrogen-bond acceptors (Lipinski definition) is 2. The smallest absolute Gasteiger partial charge is 0.0700 e. The van der Waals surface area contributed by atoms with E-state index < -0.39 is 0 Å². The fraction of sp³-hybridized carbons (Fsp3) is 0.893. The maximum Gasteiger partial charge on any atom is 0.0700 e. The molecule has 2 nitrogen and oxygen atoms in total. The molecule has 4 aliphatic rings. The second kappa shape index (κ2) is 7.95. The van der Waals surface area contributed by atoms with Gasteiger partial charge in [0.25, 0.3) is 0 Å². The number of rotatable bonds is 5. The monoisotopic (exact) mass is 411 g/mol. The van der Waals surface area contributed by atoms with E-state index in [2.05, 4.69) is 46.8 Å². The maximum atomic E-state index is 10.4. The molecule has 0 radical (unpaired) electrons. The van der Waals surface area contributed by atoms with Gasteiger partial charge in [0.1, 0.15) is 0 Å². The van der Waals surface area contributed by atoms with Crippen molar-refractivity contribution in [2.24, 2.45) is 45.8 Å². The van der Waals surface area contributed by atoms with Crippen LogP contribution in [0.15, 0.2) is 11.6 Å². The van der Waals surface area contributed by atoms with Gasteiger partial charge in [-0.1, -0.05) is 65.5 Å². The molecule has 4 aliphatic carbocycles. The zero-order valence-corrected chi connectivity index (χ0v) is 20.2. The van der Waals surface area contributed by atoms with Crippen molar-refractivity contribution in [2.45, 2.75) is 111 Å². The van der Waals surface area contributed by atoms with Crippen molar-refractivity contribution >= 4 is 0 Å². The topological polar surface area (TPSA) is 44.0 Å². The lowest BCUT2D eigenvalue weighted by Crippen LogP contribution is -2.55. The Kier molecular flexibility index (Phi) is 5.93. The third kappa shape index (κ3) is 3.30. The van der Waals surface area contributed by atoms with Crippen LogP contribution in [0.2, 0.25) is 0 Å². The Labute approximate surface area is 185 Å². The van der Waals surface area contributed by atoms with Gasteiger partial charge in [-0.2, -0.15) is 5.26 Å². The Morgan fingerprint density at radius 2 is 1.83 bits per heavy atom. The van der Waals surface area contributed by atoms with Crippen LogP contribution in [0.3, 0.4) is 0 Å². The Bertz CT molecular complexity index is 719. The zero-order valence-electron chi connectivity index (χ0n) is 20.2. The van der Waals surface area contributed by atoms with Gasteiger partial charge in [-0.3, -0.25) is 0 Å². The fourth-order valence-electron chi connectivity index (χ4n) is 8.77. The summed E-state index contributed by atoms with van der Waals surface area (Å²) in [7, 11) is 0. The molecule has 0 unspecified atom stereocenters. The van der Waals surface area contributed by atoms with Crippen molar-refractivity contribution in [3.8, 4) is 6.07 Å². The first-order valence-electron chi connectivity index (χ1n) is 13.0. The van der Waals surface area contributed by atoms with Crippen LogP contribution in [0.1, 0.15) is 105 Å². The van der Waals surface area contributed by atoms with Crippen LogP contribution in [-0.2, 0) is 0 Å². The van der Waals surface area contributed by atoms with E-state index >= 15 is 0 Å². The molecule has 0 aromatic carbocycles. The van der Waals surface area contributed by atoms with Crippen LogP contribution in [-0.4, -0.2) is 11.2 Å². The van der Waals surface area contributed by atoms with E-state index in [0.29, 0.717) is 17.8 Å². The standard InChI is InChI=1S/C28H45NO/c1-19(2)7-6-8-20(3)23-9-10-24-22-12-16-28(18-29)17-21(30)11-15-27(28,5)25(22)13-14-26(23,24)4/h12,19-21,23-25,30H,6-11,13-17H2,1-5H3/t20-,21-,23-,24+,25+,26-,27-,28-/m1/s1. The summed E-state index contributed by atoms with van der Waals surface area (Å²) in [6.45, 7) is 12.2. The summed E-state index contributed by atoms with van der Waals surface area (Å²) in [6.07, 6.45) is 15.1. The predicted octanol–water partition coefficient (Wildman–Crippen LogP) is 7.28. The summed E-state index contributed by atoms with van der Waals surface area (Å²) in [5, 5.41) is 20.6. The van der Waals surface area contributed by atoms with Crippen LogP contribution in [0.5, 0.6) is 0 Å². The van der Waals surface area contributed by atoms with Gasteiger partial charge in [0, 0.05) is 0 Å². The molecule has 0 heterocycles. The van der Waals surface area contributed by atoms with Gasteiger partial charge >= 0.3 is 0 Å². The summed E-state index contributed by atoms with van der Waals surface area (Å²) >= 11 is 0. The summed E-state index contributed by atoms with van der Waals surface area (Å²) in [5.74, 6) is 3.81. The van der Waals surface area contributed by atoms with Crippen LogP contribution in [0.4, 0.5) is 0 Å². The molecule has 2 heteroatoms. The highest BCUT2D eigenvalue weighted by atomic mass is 16.3. The van der Waals surface area contributed by atoms with Crippen LogP contribution in [0, 0.1) is 57.2 Å². The molecule has 4 rings (SSSR count). The Balaban J connectivity index is 1.56. The second-order valence-corrected chi connectivity index (χ2v) is 12.6. The highest BCUT2D eigenvalue weighted by molar-refractivity contribution is 5.32. The Hall–Kier alpha value is -0.810. The minimum absolute atomic E-state index is 0.0490. The molecule has 0 aliphatic heterocycles. The van der Waals surface area contributed by atoms with Crippen molar-refractivity contribution < 1.29 is 5.11 Å². The summed E-state index contributed by atoms with van der Waals surface area (Å²) < 4.78 is 0. The van der Waals surface area contributed by atoms with Crippen molar-refractivity contribution in [2.75, 3.05) is 0 Å². The number of aliphatic hydroxyl groups is 1. The largest absolute Gasteiger partial charge is 0.393 e. The molecule has 30 heavy (non-hydrogen) atoms. The quantitative estimate of drug-likeness (QED) is 0.483. The van der Waals surface area contributed by atoms with E-state index in [1.165, 1.54) is 44.9 Å². The fourth-order valence-corrected chi connectivity index (χ4v) is 8.77. The van der Waals surface area contributed by atoms with Gasteiger partial charge in [-0.05, 0) is 91.8 Å². The third-order valence-corrected chi connectivity index (χ3v) is 10.7. The minimum atomic E-state index is -0.352. The molecule has 3 saturated carbocycles. The first kappa shape index (κ1) is 22.4. The average Bonchev–Trinajstić information content (AvgIpc) is 3.05. The first-order chi connectivity index (χ1) is 14.2. The SMILES string of the molecule is CC(C)CCC[C@@H](C)[C@H]1CC[C@H]2C3=CC[C@]4(C#N)C[C@H](O)CC[C@]4(C)[C@H]3CC[C@]12C. The highest BCUT2D eigenvalue weighted by Gasteiger charge is 2.62. The lowest BCUT2D eigenvalue weighted by Gasteiger charge is -2.60. The number of nitrogens with zero attached hydrogens (tertiary/aromatic N) is 1. The first-order valence-corrected chi connectivity index (χ1v) is 13.0. The molecule has 0 amide bonds. The molecule has 3 fully saturated rings. The minimum Gasteiger partial charge on any atom is -0.393 e. The molecule has 0 aromatic rings. The van der Waals surface area contributed by atoms with E-state index in [1.54, 1.807) is 5.57 Å². The molecule has 168 valence electrons. The van der Waals surface area contributed by atoms with E-state index in [4.69, 9.17) is 0 Å². The summed E-state index contributed by atoms with van der Waals surface area (Å²) in [5.41, 5.74) is 1.88. The van der Waals surface area contributed by atoms with Gasteiger partial charge in [-0.15, -0.1) is 0 Å². The van der Waals surface area contributed by atoms with Crippen molar-refractivity contribution in [3.63, 3.8) is 0 Å². The van der Waals surface area contributed by atoms with Crippen LogP contribution < -0.4 is 0 Å². The van der Waals surface area contributed by atoms with Crippen molar-refractivity contribution in [3.05, 3.63) is 11.6 Å². The van der Waals surface area contributed by atoms with Gasteiger partial charge in [-0.25, -0.2) is 0 Å². The molecule has 1 N–H and O–H groups in total. The van der Waals surface area contributed by atoms with E-state index in [0.717, 1.165) is 42.9 Å². The number of allylic oxidation sites excluding steroid dienone is 2. The van der Waals surface area contributed by atoms with Gasteiger partial charge in [0.15, 0.2) is 0 Å². The molecular weight excluding hydrogens is 366 g/mol. The molecule has 8 atom stereocenters. The molecule has 0 aromatic heterocycles. The molecular formula is C28H45NO. The summed E-state index contributed by atoms with van der Waals surface area (Å²) in [6, 6.07) is 2.75. The Morgan fingerprint density at radius 3 is 2.53 bits per heavy atom. The predicted molar refractivity (Wildman–Crippen MR) is 124 cm³/mol. The molecule has 0 spiro atoms. The molecule has 0 bridgehead atoms.